The molecule has 2 rings (SSSR count). The predicted octanol–water partition coefficient (Wildman–Crippen LogP) is 4.80. The molecule has 1 nitrogen and oxygen atoms in total. The number of hydrogen-bond acceptors (Lipinski definition) is 1. The van der Waals surface area contributed by atoms with Crippen LogP contribution >= 0.6 is 22.6 Å². The fourth-order valence-electron chi connectivity index (χ4n) is 2.54. The molecule has 0 heterocycles. The van der Waals surface area contributed by atoms with E-state index in [2.05, 4.69) is 91.1 Å². The van der Waals surface area contributed by atoms with Crippen molar-refractivity contribution in [3.63, 3.8) is 0 Å². The highest BCUT2D eigenvalue weighted by atomic mass is 127. The second kappa shape index (κ2) is 7.23. The van der Waals surface area contributed by atoms with Gasteiger partial charge in [0.2, 0.25) is 0 Å². The van der Waals surface area contributed by atoms with E-state index in [1.807, 2.05) is 0 Å². The summed E-state index contributed by atoms with van der Waals surface area (Å²) in [6.07, 6.45) is 1.04. The van der Waals surface area contributed by atoms with E-state index in [4.69, 9.17) is 0 Å². The number of likely N-dealkylation sites (N-methyl/N-ethyl adjacent to an activating group) is 1. The Hall–Kier alpha value is -0.870. The molecule has 0 bridgehead atoms. The lowest BCUT2D eigenvalue weighted by Crippen LogP contribution is -2.24. The fourth-order valence-corrected chi connectivity index (χ4v) is 3.27. The van der Waals surface area contributed by atoms with Crippen molar-refractivity contribution in [2.75, 3.05) is 6.54 Å². The molecule has 1 atom stereocenters. The van der Waals surface area contributed by atoms with E-state index >= 15 is 0 Å². The van der Waals surface area contributed by atoms with Crippen molar-refractivity contribution in [3.8, 4) is 0 Å². The van der Waals surface area contributed by atoms with Gasteiger partial charge in [0.15, 0.2) is 0 Å². The van der Waals surface area contributed by atoms with Gasteiger partial charge in [-0.1, -0.05) is 49.4 Å². The Morgan fingerprint density at radius 1 is 1.00 bits per heavy atom. The molecule has 0 saturated carbocycles. The van der Waals surface area contributed by atoms with Gasteiger partial charge in [0, 0.05) is 9.61 Å². The molecule has 2 aromatic carbocycles. The summed E-state index contributed by atoms with van der Waals surface area (Å²) in [4.78, 5) is 0. The molecule has 0 aromatic heterocycles. The Morgan fingerprint density at radius 2 is 1.70 bits per heavy atom. The average molecular weight is 379 g/mol. The highest BCUT2D eigenvalue weighted by Gasteiger charge is 2.15. The van der Waals surface area contributed by atoms with Gasteiger partial charge in [-0.25, -0.2) is 0 Å². The van der Waals surface area contributed by atoms with Crippen LogP contribution in [0.4, 0.5) is 0 Å². The van der Waals surface area contributed by atoms with Crippen LogP contribution in [0.3, 0.4) is 0 Å². The van der Waals surface area contributed by atoms with Gasteiger partial charge in [0.25, 0.3) is 0 Å². The molecule has 106 valence electrons. The van der Waals surface area contributed by atoms with Crippen LogP contribution in [0.15, 0.2) is 42.5 Å². The molecule has 0 radical (unpaired) electrons. The van der Waals surface area contributed by atoms with Crippen molar-refractivity contribution in [2.45, 2.75) is 33.2 Å². The minimum atomic E-state index is 0.382. The van der Waals surface area contributed by atoms with Gasteiger partial charge in [-0.05, 0) is 71.7 Å². The molecule has 0 aliphatic carbocycles. The van der Waals surface area contributed by atoms with E-state index in [1.54, 1.807) is 0 Å². The van der Waals surface area contributed by atoms with Gasteiger partial charge in [0.05, 0.1) is 0 Å². The summed E-state index contributed by atoms with van der Waals surface area (Å²) < 4.78 is 1.38. The van der Waals surface area contributed by atoms with Gasteiger partial charge < -0.3 is 5.32 Å². The Morgan fingerprint density at radius 3 is 2.40 bits per heavy atom. The lowest BCUT2D eigenvalue weighted by atomic mass is 9.95. The molecule has 0 aliphatic heterocycles. The van der Waals surface area contributed by atoms with Crippen molar-refractivity contribution in [2.24, 2.45) is 0 Å². The molecule has 0 saturated heterocycles. The summed E-state index contributed by atoms with van der Waals surface area (Å²) in [7, 11) is 0. The molecule has 2 heteroatoms. The Labute approximate surface area is 135 Å². The van der Waals surface area contributed by atoms with Gasteiger partial charge in [-0.2, -0.15) is 0 Å². The van der Waals surface area contributed by atoms with Crippen LogP contribution in [-0.4, -0.2) is 6.54 Å². The quantitative estimate of drug-likeness (QED) is 0.736. The first-order chi connectivity index (χ1) is 9.63. The molecule has 0 amide bonds. The number of rotatable bonds is 5. The Balaban J connectivity index is 2.32. The maximum Gasteiger partial charge on any atom is 0.0371 e. The average Bonchev–Trinajstić information content (AvgIpc) is 2.44. The summed E-state index contributed by atoms with van der Waals surface area (Å²) in [5.74, 6) is 0. The highest BCUT2D eigenvalue weighted by molar-refractivity contribution is 14.1. The maximum absolute atomic E-state index is 3.64. The molecule has 0 spiro atoms. The lowest BCUT2D eigenvalue weighted by molar-refractivity contribution is 0.546. The maximum atomic E-state index is 3.64. The smallest absolute Gasteiger partial charge is 0.0371 e. The molecule has 0 fully saturated rings. The molecule has 1 N–H and O–H groups in total. The van der Waals surface area contributed by atoms with Gasteiger partial charge in [0.1, 0.15) is 0 Å². The topological polar surface area (TPSA) is 12.0 Å². The van der Waals surface area contributed by atoms with Crippen LogP contribution in [0.2, 0.25) is 0 Å². The summed E-state index contributed by atoms with van der Waals surface area (Å²) in [5.41, 5.74) is 5.57. The van der Waals surface area contributed by atoms with E-state index in [-0.39, 0.29) is 0 Å². The molecule has 1 unspecified atom stereocenters. The summed E-state index contributed by atoms with van der Waals surface area (Å²) in [6.45, 7) is 7.54. The lowest BCUT2D eigenvalue weighted by Gasteiger charge is -2.21. The number of halogens is 1. The molecule has 0 aliphatic rings. The fraction of sp³-hybridized carbons (Fsp3) is 0.333. The van der Waals surface area contributed by atoms with Crippen LogP contribution in [0, 0.1) is 17.4 Å². The molecule has 2 aromatic rings. The predicted molar refractivity (Wildman–Crippen MR) is 95.2 cm³/mol. The van der Waals surface area contributed by atoms with E-state index in [9.17, 15) is 0 Å². The third-order valence-electron chi connectivity index (χ3n) is 3.73. The zero-order chi connectivity index (χ0) is 14.5. The van der Waals surface area contributed by atoms with Crippen LogP contribution in [0.5, 0.6) is 0 Å². The molecular weight excluding hydrogens is 357 g/mol. The van der Waals surface area contributed by atoms with E-state index in [1.165, 1.54) is 25.8 Å². The number of hydrogen-bond donors (Lipinski definition) is 1. The van der Waals surface area contributed by atoms with Gasteiger partial charge in [-0.15, -0.1) is 0 Å². The monoisotopic (exact) mass is 379 g/mol. The second-order valence-electron chi connectivity index (χ2n) is 5.22. The van der Waals surface area contributed by atoms with Gasteiger partial charge >= 0.3 is 0 Å². The van der Waals surface area contributed by atoms with Crippen molar-refractivity contribution in [3.05, 3.63) is 68.3 Å². The van der Waals surface area contributed by atoms with E-state index < -0.39 is 0 Å². The van der Waals surface area contributed by atoms with Gasteiger partial charge in [-0.3, -0.25) is 0 Å². The van der Waals surface area contributed by atoms with Crippen molar-refractivity contribution >= 4 is 22.6 Å². The normalized spacial score (nSPS) is 12.4. The Kier molecular flexibility index (Phi) is 5.61. The first-order valence-corrected chi connectivity index (χ1v) is 8.24. The van der Waals surface area contributed by atoms with Crippen molar-refractivity contribution in [1.29, 1.82) is 0 Å². The summed E-state index contributed by atoms with van der Waals surface area (Å²) >= 11 is 2.47. The highest BCUT2D eigenvalue weighted by Crippen LogP contribution is 2.26. The van der Waals surface area contributed by atoms with Crippen LogP contribution < -0.4 is 5.32 Å². The van der Waals surface area contributed by atoms with E-state index in [0.29, 0.717) is 6.04 Å². The largest absolute Gasteiger partial charge is 0.310 e. The zero-order valence-corrected chi connectivity index (χ0v) is 14.6. The number of aryl methyl sites for hydroxylation is 2. The molecular formula is C18H22IN. The zero-order valence-electron chi connectivity index (χ0n) is 12.4. The Bertz CT molecular complexity index is 577. The third-order valence-corrected chi connectivity index (χ3v) is 5.21. The minimum Gasteiger partial charge on any atom is -0.310 e. The van der Waals surface area contributed by atoms with E-state index in [0.717, 1.165) is 13.0 Å². The number of nitrogens with one attached hydrogen (secondary N) is 1. The first-order valence-electron chi connectivity index (χ1n) is 7.16. The minimum absolute atomic E-state index is 0.382. The second-order valence-corrected chi connectivity index (χ2v) is 6.30. The standard InChI is InChI=1S/C18H22IN/c1-4-20-17(12-15-10-6-5-8-13(15)2)16-11-7-9-14(3)18(16)19/h5-11,17,20H,4,12H2,1-3H3. The SMILES string of the molecule is CCNC(Cc1ccccc1C)c1cccc(C)c1I. The van der Waals surface area contributed by atoms with Crippen LogP contribution in [0.25, 0.3) is 0 Å². The van der Waals surface area contributed by atoms with Crippen LogP contribution in [0.1, 0.15) is 35.2 Å². The van der Waals surface area contributed by atoms with Crippen molar-refractivity contribution in [1.82, 2.24) is 5.32 Å². The van der Waals surface area contributed by atoms with Crippen LogP contribution in [-0.2, 0) is 6.42 Å². The van der Waals surface area contributed by atoms with Crippen molar-refractivity contribution < 1.29 is 0 Å². The molecule has 20 heavy (non-hydrogen) atoms. The first kappa shape index (κ1) is 15.5. The summed E-state index contributed by atoms with van der Waals surface area (Å²) in [6, 6.07) is 15.6. The number of benzene rings is 2. The summed E-state index contributed by atoms with van der Waals surface area (Å²) in [5, 5.41) is 3.64. The third kappa shape index (κ3) is 3.61.